The Bertz CT molecular complexity index is 2150. The van der Waals surface area contributed by atoms with Crippen LogP contribution in [0.25, 0.3) is 21.5 Å². The second kappa shape index (κ2) is 9.91. The van der Waals surface area contributed by atoms with E-state index in [9.17, 15) is 19.5 Å². The minimum absolute atomic E-state index is 0.0195. The van der Waals surface area contributed by atoms with Crippen LogP contribution in [0.3, 0.4) is 0 Å². The van der Waals surface area contributed by atoms with Crippen molar-refractivity contribution in [3.05, 3.63) is 143 Å². The van der Waals surface area contributed by atoms with Gasteiger partial charge in [0.15, 0.2) is 17.3 Å². The molecular weight excluding hydrogens is 526 g/mol. The monoisotopic (exact) mass is 547 g/mol. The number of benzene rings is 6. The number of nitrogens with one attached hydrogen (secondary N) is 1. The highest BCUT2D eigenvalue weighted by molar-refractivity contribution is 6.30. The van der Waals surface area contributed by atoms with Gasteiger partial charge in [-0.05, 0) is 40.4 Å². The molecule has 0 heterocycles. The predicted molar refractivity (Wildman–Crippen MR) is 161 cm³/mol. The number of aromatic hydroxyl groups is 1. The van der Waals surface area contributed by atoms with E-state index >= 15 is 0 Å². The molecule has 0 saturated heterocycles. The van der Waals surface area contributed by atoms with Gasteiger partial charge >= 0.3 is 0 Å². The summed E-state index contributed by atoms with van der Waals surface area (Å²) in [4.78, 5) is 40.0. The first-order valence-corrected chi connectivity index (χ1v) is 13.3. The van der Waals surface area contributed by atoms with Crippen molar-refractivity contribution in [2.24, 2.45) is 10.2 Å². The van der Waals surface area contributed by atoms with Gasteiger partial charge < -0.3 is 10.4 Å². The standard InChI is InChI=1S/C35H21N3O4/c39-32-25-12-5-6-13-26(25)33(40)30-27(32)14-7-15-29(30)37-38-31-24-11-4-3-10-22(24)19-28(34(31)41)35(42)36-23-17-16-20-8-1-2-9-21(20)18-23/h1-19,41H,(H,36,42). The van der Waals surface area contributed by atoms with E-state index in [0.717, 1.165) is 10.8 Å². The van der Waals surface area contributed by atoms with Crippen molar-refractivity contribution < 1.29 is 19.5 Å². The number of azo groups is 1. The van der Waals surface area contributed by atoms with E-state index in [1.807, 2.05) is 48.5 Å². The maximum Gasteiger partial charge on any atom is 0.259 e. The van der Waals surface area contributed by atoms with Crippen molar-refractivity contribution in [1.82, 2.24) is 0 Å². The number of ketones is 2. The number of carbonyl (C=O) groups is 3. The molecule has 7 heteroatoms. The van der Waals surface area contributed by atoms with Crippen molar-refractivity contribution in [3.8, 4) is 5.75 Å². The summed E-state index contributed by atoms with van der Waals surface area (Å²) in [5, 5.41) is 26.1. The van der Waals surface area contributed by atoms with Crippen LogP contribution in [0.2, 0.25) is 0 Å². The summed E-state index contributed by atoms with van der Waals surface area (Å²) >= 11 is 0. The molecule has 0 aliphatic heterocycles. The number of amides is 1. The number of hydrogen-bond acceptors (Lipinski definition) is 6. The van der Waals surface area contributed by atoms with Crippen LogP contribution in [0.1, 0.15) is 42.2 Å². The number of anilines is 1. The Labute approximate surface area is 239 Å². The molecule has 1 aliphatic rings. The summed E-state index contributed by atoms with van der Waals surface area (Å²) in [6.45, 7) is 0. The van der Waals surface area contributed by atoms with Crippen LogP contribution in [-0.4, -0.2) is 22.6 Å². The zero-order valence-corrected chi connectivity index (χ0v) is 22.0. The minimum atomic E-state index is -0.514. The molecule has 1 aliphatic carbocycles. The smallest absolute Gasteiger partial charge is 0.259 e. The quantitative estimate of drug-likeness (QED) is 0.217. The maximum absolute atomic E-state index is 13.4. The molecule has 0 unspecified atom stereocenters. The van der Waals surface area contributed by atoms with Crippen molar-refractivity contribution in [3.63, 3.8) is 0 Å². The predicted octanol–water partition coefficient (Wildman–Crippen LogP) is 8.14. The lowest BCUT2D eigenvalue weighted by Crippen LogP contribution is -2.20. The summed E-state index contributed by atoms with van der Waals surface area (Å²) in [5.74, 6) is -1.46. The van der Waals surface area contributed by atoms with E-state index in [1.54, 1.807) is 66.7 Å². The largest absolute Gasteiger partial charge is 0.505 e. The molecule has 0 fully saturated rings. The first-order valence-electron chi connectivity index (χ1n) is 13.3. The third kappa shape index (κ3) is 4.12. The van der Waals surface area contributed by atoms with Crippen LogP contribution < -0.4 is 5.32 Å². The molecule has 0 saturated carbocycles. The van der Waals surface area contributed by atoms with Crippen LogP contribution in [0.4, 0.5) is 17.1 Å². The Kier molecular flexibility index (Phi) is 5.91. The van der Waals surface area contributed by atoms with Crippen LogP contribution >= 0.6 is 0 Å². The van der Waals surface area contributed by atoms with E-state index in [0.29, 0.717) is 27.6 Å². The van der Waals surface area contributed by atoms with Gasteiger partial charge in [-0.1, -0.05) is 91.0 Å². The van der Waals surface area contributed by atoms with Crippen molar-refractivity contribution >= 4 is 56.1 Å². The molecule has 7 rings (SSSR count). The highest BCUT2D eigenvalue weighted by Gasteiger charge is 2.31. The molecule has 0 bridgehead atoms. The third-order valence-electron chi connectivity index (χ3n) is 7.44. The number of hydrogen-bond donors (Lipinski definition) is 2. The van der Waals surface area contributed by atoms with Crippen LogP contribution in [-0.2, 0) is 0 Å². The van der Waals surface area contributed by atoms with Gasteiger partial charge in [-0.15, -0.1) is 10.2 Å². The summed E-state index contributed by atoms with van der Waals surface area (Å²) in [7, 11) is 0. The molecule has 0 radical (unpaired) electrons. The average Bonchev–Trinajstić information content (AvgIpc) is 3.02. The highest BCUT2D eigenvalue weighted by Crippen LogP contribution is 2.41. The van der Waals surface area contributed by atoms with Gasteiger partial charge in [0.1, 0.15) is 5.69 Å². The Morgan fingerprint density at radius 2 is 1.29 bits per heavy atom. The Hall–Kier alpha value is -5.95. The molecular formula is C35H21N3O4. The van der Waals surface area contributed by atoms with Gasteiger partial charge in [-0.3, -0.25) is 14.4 Å². The first kappa shape index (κ1) is 25.0. The van der Waals surface area contributed by atoms with Gasteiger partial charge in [0.05, 0.1) is 16.8 Å². The van der Waals surface area contributed by atoms with Crippen LogP contribution in [0, 0.1) is 0 Å². The number of phenols is 1. The fraction of sp³-hybridized carbons (Fsp3) is 0. The van der Waals surface area contributed by atoms with E-state index < -0.39 is 5.91 Å². The highest BCUT2D eigenvalue weighted by atomic mass is 16.3. The number of phenolic OH excluding ortho intramolecular Hbond substituents is 1. The number of carbonyl (C=O) groups excluding carboxylic acids is 3. The number of rotatable bonds is 4. The molecule has 0 spiro atoms. The first-order chi connectivity index (χ1) is 20.5. The second-order valence-corrected chi connectivity index (χ2v) is 9.96. The summed E-state index contributed by atoms with van der Waals surface area (Å²) < 4.78 is 0. The normalized spacial score (nSPS) is 12.5. The molecule has 6 aromatic rings. The fourth-order valence-electron chi connectivity index (χ4n) is 5.37. The average molecular weight is 548 g/mol. The van der Waals surface area contributed by atoms with Gasteiger partial charge in [0, 0.05) is 27.8 Å². The van der Waals surface area contributed by atoms with E-state index in [2.05, 4.69) is 15.5 Å². The molecule has 200 valence electrons. The van der Waals surface area contributed by atoms with Gasteiger partial charge in [-0.25, -0.2) is 0 Å². The van der Waals surface area contributed by atoms with Crippen LogP contribution in [0.15, 0.2) is 125 Å². The molecule has 2 N–H and O–H groups in total. The summed E-state index contributed by atoms with van der Waals surface area (Å²) in [5.41, 5.74) is 1.90. The Morgan fingerprint density at radius 1 is 0.619 bits per heavy atom. The Balaban J connectivity index is 1.30. The zero-order valence-electron chi connectivity index (χ0n) is 22.0. The molecule has 42 heavy (non-hydrogen) atoms. The summed E-state index contributed by atoms with van der Waals surface area (Å²) in [6.07, 6.45) is 0. The SMILES string of the molecule is O=C(Nc1ccc2ccccc2c1)c1cc2ccccc2c(N=Nc2cccc3c2C(=O)c2ccccc2C3=O)c1O. The van der Waals surface area contributed by atoms with E-state index in [1.165, 1.54) is 0 Å². The number of fused-ring (bicyclic) bond motifs is 4. The zero-order chi connectivity index (χ0) is 28.8. The number of nitrogens with zero attached hydrogens (tertiary/aromatic N) is 2. The third-order valence-corrected chi connectivity index (χ3v) is 7.44. The molecule has 7 nitrogen and oxygen atoms in total. The lowest BCUT2D eigenvalue weighted by molar-refractivity contribution is 0.0979. The lowest BCUT2D eigenvalue weighted by atomic mass is 9.83. The van der Waals surface area contributed by atoms with E-state index in [4.69, 9.17) is 0 Å². The van der Waals surface area contributed by atoms with Crippen molar-refractivity contribution in [1.29, 1.82) is 0 Å². The molecule has 1 amide bonds. The van der Waals surface area contributed by atoms with Gasteiger partial charge in [-0.2, -0.15) is 0 Å². The minimum Gasteiger partial charge on any atom is -0.505 e. The lowest BCUT2D eigenvalue weighted by Gasteiger charge is -2.18. The van der Waals surface area contributed by atoms with E-state index in [-0.39, 0.29) is 45.4 Å². The van der Waals surface area contributed by atoms with Gasteiger partial charge in [0.2, 0.25) is 0 Å². The van der Waals surface area contributed by atoms with Crippen LogP contribution in [0.5, 0.6) is 5.75 Å². The van der Waals surface area contributed by atoms with Crippen molar-refractivity contribution in [2.75, 3.05) is 5.32 Å². The Morgan fingerprint density at radius 3 is 2.10 bits per heavy atom. The fourth-order valence-corrected chi connectivity index (χ4v) is 5.37. The van der Waals surface area contributed by atoms with Gasteiger partial charge in [0.25, 0.3) is 5.91 Å². The summed E-state index contributed by atoms with van der Waals surface area (Å²) in [6, 6.07) is 33.7. The topological polar surface area (TPSA) is 108 Å². The molecule has 0 atom stereocenters. The molecule has 0 aromatic heterocycles. The second-order valence-electron chi connectivity index (χ2n) is 9.96. The maximum atomic E-state index is 13.4. The van der Waals surface area contributed by atoms with Crippen molar-refractivity contribution in [2.45, 2.75) is 0 Å². The molecule has 6 aromatic carbocycles.